The van der Waals surface area contributed by atoms with Crippen LogP contribution in [0.5, 0.6) is 0 Å². The zero-order valence-corrected chi connectivity index (χ0v) is 10.4. The lowest BCUT2D eigenvalue weighted by Crippen LogP contribution is -2.14. The Balaban J connectivity index is 1.84. The Bertz CT molecular complexity index is 464. The van der Waals surface area contributed by atoms with Gasteiger partial charge in [0, 0.05) is 12.7 Å². The van der Waals surface area contributed by atoms with Crippen molar-refractivity contribution in [2.75, 3.05) is 32.5 Å². The van der Waals surface area contributed by atoms with Gasteiger partial charge < -0.3 is 14.6 Å². The summed E-state index contributed by atoms with van der Waals surface area (Å²) in [4.78, 5) is 6.53. The van der Waals surface area contributed by atoms with Crippen LogP contribution in [-0.2, 0) is 0 Å². The topological polar surface area (TPSA) is 41.3 Å². The Hall–Kier alpha value is -1.55. The third-order valence-electron chi connectivity index (χ3n) is 2.70. The van der Waals surface area contributed by atoms with Gasteiger partial charge in [0.2, 0.25) is 0 Å². The fraction of sp³-hybridized carbons (Fsp3) is 0.462. The molecule has 0 aliphatic heterocycles. The van der Waals surface area contributed by atoms with Crippen LogP contribution in [0.3, 0.4) is 0 Å². The summed E-state index contributed by atoms with van der Waals surface area (Å²) in [5.41, 5.74) is 0.885. The van der Waals surface area contributed by atoms with Crippen molar-refractivity contribution in [1.82, 2.24) is 9.88 Å². The van der Waals surface area contributed by atoms with Crippen molar-refractivity contribution in [3.05, 3.63) is 24.6 Å². The van der Waals surface area contributed by atoms with Gasteiger partial charge in [-0.2, -0.15) is 0 Å². The minimum absolute atomic E-state index is 0.885. The molecule has 0 saturated carbocycles. The normalized spacial score (nSPS) is 11.2. The first-order valence-corrected chi connectivity index (χ1v) is 5.98. The molecule has 0 atom stereocenters. The van der Waals surface area contributed by atoms with E-state index in [0.717, 1.165) is 36.3 Å². The molecule has 0 spiro atoms. The minimum Gasteiger partial charge on any atom is -0.464 e. The van der Waals surface area contributed by atoms with E-state index in [4.69, 9.17) is 4.42 Å². The Morgan fingerprint density at radius 3 is 3.00 bits per heavy atom. The van der Waals surface area contributed by atoms with Crippen molar-refractivity contribution in [1.29, 1.82) is 0 Å². The number of nitrogens with zero attached hydrogens (tertiary/aromatic N) is 2. The number of unbranched alkanes of at least 4 members (excludes halogenated alkanes) is 1. The first kappa shape index (κ1) is 11.9. The molecule has 0 unspecified atom stereocenters. The van der Waals surface area contributed by atoms with Crippen molar-refractivity contribution in [2.45, 2.75) is 12.8 Å². The Morgan fingerprint density at radius 1 is 1.29 bits per heavy atom. The highest BCUT2D eigenvalue weighted by Crippen LogP contribution is 2.21. The van der Waals surface area contributed by atoms with Crippen LogP contribution in [0.15, 0.2) is 29.0 Å². The van der Waals surface area contributed by atoms with E-state index in [1.165, 1.54) is 6.42 Å². The van der Waals surface area contributed by atoms with Gasteiger partial charge in [0.05, 0.1) is 11.6 Å². The van der Waals surface area contributed by atoms with Crippen LogP contribution in [0.1, 0.15) is 12.8 Å². The lowest BCUT2D eigenvalue weighted by atomic mass is 10.3. The number of nitrogens with one attached hydrogen (secondary N) is 1. The van der Waals surface area contributed by atoms with Crippen LogP contribution in [-0.4, -0.2) is 37.1 Å². The standard InChI is InChI=1S/C13H19N3O/c1-16(2)9-4-3-7-14-13-11-6-10-17-12(11)5-8-15-13/h5-6,8,10H,3-4,7,9H2,1-2H3,(H,14,15). The fourth-order valence-corrected chi connectivity index (χ4v) is 1.80. The maximum atomic E-state index is 5.33. The third-order valence-corrected chi connectivity index (χ3v) is 2.70. The highest BCUT2D eigenvalue weighted by Gasteiger charge is 2.03. The molecule has 92 valence electrons. The van der Waals surface area contributed by atoms with Gasteiger partial charge in [-0.1, -0.05) is 0 Å². The summed E-state index contributed by atoms with van der Waals surface area (Å²) < 4.78 is 5.33. The fourth-order valence-electron chi connectivity index (χ4n) is 1.80. The van der Waals surface area contributed by atoms with Gasteiger partial charge in [0.1, 0.15) is 11.4 Å². The molecule has 0 aliphatic rings. The van der Waals surface area contributed by atoms with Gasteiger partial charge in [0.25, 0.3) is 0 Å². The summed E-state index contributed by atoms with van der Waals surface area (Å²) >= 11 is 0. The molecule has 0 saturated heterocycles. The molecule has 0 fully saturated rings. The number of aromatic nitrogens is 1. The molecule has 1 N–H and O–H groups in total. The number of rotatable bonds is 6. The van der Waals surface area contributed by atoms with Gasteiger partial charge >= 0.3 is 0 Å². The second-order valence-corrected chi connectivity index (χ2v) is 4.43. The maximum absolute atomic E-state index is 5.33. The summed E-state index contributed by atoms with van der Waals surface area (Å²) in [6, 6.07) is 3.83. The summed E-state index contributed by atoms with van der Waals surface area (Å²) in [5.74, 6) is 0.918. The first-order valence-electron chi connectivity index (χ1n) is 5.98. The molecule has 2 aromatic heterocycles. The van der Waals surface area contributed by atoms with Crippen LogP contribution in [0.2, 0.25) is 0 Å². The van der Waals surface area contributed by atoms with E-state index in [0.29, 0.717) is 0 Å². The monoisotopic (exact) mass is 233 g/mol. The molecule has 0 radical (unpaired) electrons. The quantitative estimate of drug-likeness (QED) is 0.779. The van der Waals surface area contributed by atoms with E-state index in [1.807, 2.05) is 12.1 Å². The molecule has 4 nitrogen and oxygen atoms in total. The molecule has 2 heterocycles. The summed E-state index contributed by atoms with van der Waals surface area (Å²) in [6.45, 7) is 2.08. The second-order valence-electron chi connectivity index (χ2n) is 4.43. The lowest BCUT2D eigenvalue weighted by molar-refractivity contribution is 0.396. The predicted octanol–water partition coefficient (Wildman–Crippen LogP) is 2.58. The van der Waals surface area contributed by atoms with Crippen LogP contribution < -0.4 is 5.32 Å². The zero-order chi connectivity index (χ0) is 12.1. The summed E-state index contributed by atoms with van der Waals surface area (Å²) in [5, 5.41) is 4.41. The molecule has 2 aromatic rings. The average molecular weight is 233 g/mol. The van der Waals surface area contributed by atoms with Gasteiger partial charge in [-0.25, -0.2) is 4.98 Å². The van der Waals surface area contributed by atoms with E-state index in [9.17, 15) is 0 Å². The molecule has 4 heteroatoms. The lowest BCUT2D eigenvalue weighted by Gasteiger charge is -2.09. The molecular weight excluding hydrogens is 214 g/mol. The van der Waals surface area contributed by atoms with Gasteiger partial charge in [-0.05, 0) is 45.6 Å². The number of pyridine rings is 1. The van der Waals surface area contributed by atoms with Gasteiger partial charge in [0.15, 0.2) is 0 Å². The SMILES string of the molecule is CN(C)CCCCNc1nccc2occc12. The number of hydrogen-bond donors (Lipinski definition) is 1. The van der Waals surface area contributed by atoms with Crippen molar-refractivity contribution >= 4 is 16.8 Å². The average Bonchev–Trinajstić information content (AvgIpc) is 2.77. The van der Waals surface area contributed by atoms with Crippen LogP contribution in [0.25, 0.3) is 11.0 Å². The Kier molecular flexibility index (Phi) is 3.98. The molecule has 0 aliphatic carbocycles. The Morgan fingerprint density at radius 2 is 2.18 bits per heavy atom. The number of hydrogen-bond acceptors (Lipinski definition) is 4. The minimum atomic E-state index is 0.885. The van der Waals surface area contributed by atoms with Crippen LogP contribution >= 0.6 is 0 Å². The van der Waals surface area contributed by atoms with Gasteiger partial charge in [-0.3, -0.25) is 0 Å². The molecule has 2 rings (SSSR count). The van der Waals surface area contributed by atoms with E-state index in [1.54, 1.807) is 12.5 Å². The number of fused-ring (bicyclic) bond motifs is 1. The predicted molar refractivity (Wildman–Crippen MR) is 70.3 cm³/mol. The molecule has 0 amide bonds. The van der Waals surface area contributed by atoms with E-state index in [2.05, 4.69) is 29.3 Å². The zero-order valence-electron chi connectivity index (χ0n) is 10.4. The molecule has 0 aromatic carbocycles. The summed E-state index contributed by atoms with van der Waals surface area (Å²) in [7, 11) is 4.20. The van der Waals surface area contributed by atoms with E-state index in [-0.39, 0.29) is 0 Å². The van der Waals surface area contributed by atoms with E-state index >= 15 is 0 Å². The largest absolute Gasteiger partial charge is 0.464 e. The highest BCUT2D eigenvalue weighted by molar-refractivity contribution is 5.87. The smallest absolute Gasteiger partial charge is 0.139 e. The van der Waals surface area contributed by atoms with Crippen molar-refractivity contribution in [3.63, 3.8) is 0 Å². The Labute approximate surface area is 102 Å². The molecule has 17 heavy (non-hydrogen) atoms. The van der Waals surface area contributed by atoms with Crippen molar-refractivity contribution < 1.29 is 4.42 Å². The third kappa shape index (κ3) is 3.20. The molecule has 0 bridgehead atoms. The van der Waals surface area contributed by atoms with Crippen LogP contribution in [0.4, 0.5) is 5.82 Å². The van der Waals surface area contributed by atoms with Crippen molar-refractivity contribution in [3.8, 4) is 0 Å². The second kappa shape index (κ2) is 5.68. The molecular formula is C13H19N3O. The van der Waals surface area contributed by atoms with E-state index < -0.39 is 0 Å². The maximum Gasteiger partial charge on any atom is 0.139 e. The number of anilines is 1. The summed E-state index contributed by atoms with van der Waals surface area (Å²) in [6.07, 6.45) is 5.81. The first-order chi connectivity index (χ1) is 8.27. The number of furan rings is 1. The van der Waals surface area contributed by atoms with Crippen LogP contribution in [0, 0.1) is 0 Å². The van der Waals surface area contributed by atoms with Crippen molar-refractivity contribution in [2.24, 2.45) is 0 Å². The van der Waals surface area contributed by atoms with Gasteiger partial charge in [-0.15, -0.1) is 0 Å². The highest BCUT2D eigenvalue weighted by atomic mass is 16.3.